The van der Waals surface area contributed by atoms with Crippen LogP contribution in [0.4, 0.5) is 17.6 Å². The number of ether oxygens (including phenoxy) is 1. The highest BCUT2D eigenvalue weighted by molar-refractivity contribution is 5.96. The Balaban J connectivity index is 2.81. The molecule has 1 atom stereocenters. The highest BCUT2D eigenvalue weighted by Gasteiger charge is 2.34. The molecule has 8 heteroatoms. The summed E-state index contributed by atoms with van der Waals surface area (Å²) in [5, 5.41) is 2.40. The van der Waals surface area contributed by atoms with Crippen molar-refractivity contribution in [3.8, 4) is 0 Å². The number of amides is 1. The largest absolute Gasteiger partial charge is 0.464 e. The van der Waals surface area contributed by atoms with Crippen molar-refractivity contribution in [2.75, 3.05) is 6.61 Å². The van der Waals surface area contributed by atoms with Crippen LogP contribution in [0.3, 0.4) is 0 Å². The number of carbonyl (C=O) groups is 2. The average Bonchev–Trinajstić information content (AvgIpc) is 2.54. The van der Waals surface area contributed by atoms with Gasteiger partial charge in [-0.2, -0.15) is 13.2 Å². The first-order valence-electron chi connectivity index (χ1n) is 8.42. The van der Waals surface area contributed by atoms with Gasteiger partial charge in [-0.3, -0.25) is 4.79 Å². The molecule has 0 aliphatic heterocycles. The zero-order chi connectivity index (χ0) is 19.9. The summed E-state index contributed by atoms with van der Waals surface area (Å²) in [5.41, 5.74) is -1.76. The lowest BCUT2D eigenvalue weighted by Gasteiger charge is -2.21. The van der Waals surface area contributed by atoms with Crippen LogP contribution in [0.2, 0.25) is 0 Å². The predicted molar refractivity (Wildman–Crippen MR) is 88.0 cm³/mol. The fourth-order valence-corrected chi connectivity index (χ4v) is 2.22. The Kier molecular flexibility index (Phi) is 8.05. The summed E-state index contributed by atoms with van der Waals surface area (Å²) in [6, 6.07) is 0.889. The van der Waals surface area contributed by atoms with E-state index in [4.69, 9.17) is 4.74 Å². The highest BCUT2D eigenvalue weighted by Crippen LogP contribution is 2.31. The molecule has 1 N–H and O–H groups in total. The molecule has 0 aliphatic rings. The maximum absolute atomic E-state index is 13.6. The van der Waals surface area contributed by atoms with Crippen LogP contribution in [0.25, 0.3) is 0 Å². The number of nitrogens with one attached hydrogen (secondary N) is 1. The average molecular weight is 377 g/mol. The van der Waals surface area contributed by atoms with Gasteiger partial charge in [-0.25, -0.2) is 9.18 Å². The minimum atomic E-state index is -4.85. The van der Waals surface area contributed by atoms with E-state index in [9.17, 15) is 27.2 Å². The molecule has 0 saturated carbocycles. The van der Waals surface area contributed by atoms with Crippen LogP contribution in [-0.2, 0) is 15.7 Å². The second kappa shape index (κ2) is 9.54. The second-order valence-corrected chi connectivity index (χ2v) is 6.26. The molecule has 0 heterocycles. The third-order valence-electron chi connectivity index (χ3n) is 3.74. The third kappa shape index (κ3) is 6.31. The van der Waals surface area contributed by atoms with Gasteiger partial charge in [-0.1, -0.05) is 33.6 Å². The van der Waals surface area contributed by atoms with E-state index < -0.39 is 35.5 Å². The summed E-state index contributed by atoms with van der Waals surface area (Å²) < 4.78 is 56.4. The number of hydrogen-bond acceptors (Lipinski definition) is 3. The zero-order valence-corrected chi connectivity index (χ0v) is 15.0. The summed E-state index contributed by atoms with van der Waals surface area (Å²) in [6.07, 6.45) is -2.29. The molecule has 1 aromatic carbocycles. The van der Waals surface area contributed by atoms with Crippen molar-refractivity contribution < 1.29 is 31.9 Å². The van der Waals surface area contributed by atoms with Gasteiger partial charge in [0.05, 0.1) is 12.2 Å². The normalized spacial score (nSPS) is 12.8. The van der Waals surface area contributed by atoms with Crippen LogP contribution in [0, 0.1) is 11.7 Å². The number of esters is 1. The molecular weight excluding hydrogens is 354 g/mol. The van der Waals surface area contributed by atoms with E-state index in [0.717, 1.165) is 18.9 Å². The Bertz CT molecular complexity index is 629. The Morgan fingerprint density at radius 3 is 2.35 bits per heavy atom. The van der Waals surface area contributed by atoms with E-state index >= 15 is 0 Å². The number of benzene rings is 1. The second-order valence-electron chi connectivity index (χ2n) is 6.26. The van der Waals surface area contributed by atoms with Gasteiger partial charge in [0.15, 0.2) is 0 Å². The molecular formula is C18H23F4NO3. The van der Waals surface area contributed by atoms with Gasteiger partial charge in [0.1, 0.15) is 11.9 Å². The standard InChI is InChI=1S/C18H23F4NO3/c1-4-5-6-9-26-17(25)15(11(2)3)23-16(24)12-7-8-13(14(19)10-12)18(20,21)22/h7-8,10-11,15H,4-6,9H2,1-3H3,(H,23,24). The molecule has 1 aromatic rings. The van der Waals surface area contributed by atoms with E-state index in [1.54, 1.807) is 13.8 Å². The number of unbranched alkanes of at least 4 members (excludes halogenated alkanes) is 2. The predicted octanol–water partition coefficient (Wildman–Crippen LogP) is 4.33. The summed E-state index contributed by atoms with van der Waals surface area (Å²) in [7, 11) is 0. The first kappa shape index (κ1) is 21.9. The molecule has 0 spiro atoms. The van der Waals surface area contributed by atoms with Gasteiger partial charge >= 0.3 is 12.1 Å². The number of hydrogen-bond donors (Lipinski definition) is 1. The molecule has 1 unspecified atom stereocenters. The van der Waals surface area contributed by atoms with E-state index in [1.807, 2.05) is 6.92 Å². The third-order valence-corrected chi connectivity index (χ3v) is 3.74. The molecule has 1 amide bonds. The molecule has 4 nitrogen and oxygen atoms in total. The van der Waals surface area contributed by atoms with Crippen LogP contribution < -0.4 is 5.32 Å². The SMILES string of the molecule is CCCCCOC(=O)C(NC(=O)c1ccc(C(F)(F)F)c(F)c1)C(C)C. The van der Waals surface area contributed by atoms with E-state index in [0.29, 0.717) is 18.6 Å². The van der Waals surface area contributed by atoms with Crippen molar-refractivity contribution in [1.29, 1.82) is 0 Å². The first-order chi connectivity index (χ1) is 12.1. The van der Waals surface area contributed by atoms with Crippen molar-refractivity contribution >= 4 is 11.9 Å². The molecule has 26 heavy (non-hydrogen) atoms. The van der Waals surface area contributed by atoms with E-state index in [-0.39, 0.29) is 18.1 Å². The maximum Gasteiger partial charge on any atom is 0.419 e. The Morgan fingerprint density at radius 1 is 1.19 bits per heavy atom. The minimum Gasteiger partial charge on any atom is -0.464 e. The molecule has 146 valence electrons. The number of carbonyl (C=O) groups excluding carboxylic acids is 2. The molecule has 0 fully saturated rings. The molecule has 0 aromatic heterocycles. The Morgan fingerprint density at radius 2 is 1.85 bits per heavy atom. The molecule has 1 rings (SSSR count). The fraction of sp³-hybridized carbons (Fsp3) is 0.556. The van der Waals surface area contributed by atoms with Crippen molar-refractivity contribution in [2.45, 2.75) is 52.3 Å². The van der Waals surface area contributed by atoms with Crippen LogP contribution in [-0.4, -0.2) is 24.5 Å². The van der Waals surface area contributed by atoms with Crippen LogP contribution in [0.5, 0.6) is 0 Å². The van der Waals surface area contributed by atoms with Crippen LogP contribution in [0.1, 0.15) is 56.0 Å². The smallest absolute Gasteiger partial charge is 0.419 e. The van der Waals surface area contributed by atoms with E-state index in [1.165, 1.54) is 0 Å². The van der Waals surface area contributed by atoms with Gasteiger partial charge in [-0.15, -0.1) is 0 Å². The van der Waals surface area contributed by atoms with Gasteiger partial charge in [0, 0.05) is 5.56 Å². The van der Waals surface area contributed by atoms with Gasteiger partial charge in [-0.05, 0) is 30.5 Å². The van der Waals surface area contributed by atoms with Crippen molar-refractivity contribution in [2.24, 2.45) is 5.92 Å². The monoisotopic (exact) mass is 377 g/mol. The number of halogens is 4. The summed E-state index contributed by atoms with van der Waals surface area (Å²) in [4.78, 5) is 24.3. The molecule has 0 radical (unpaired) electrons. The van der Waals surface area contributed by atoms with Crippen molar-refractivity contribution in [3.63, 3.8) is 0 Å². The van der Waals surface area contributed by atoms with Crippen molar-refractivity contribution in [3.05, 3.63) is 35.1 Å². The topological polar surface area (TPSA) is 55.4 Å². The molecule has 0 bridgehead atoms. The number of rotatable bonds is 8. The fourth-order valence-electron chi connectivity index (χ4n) is 2.22. The molecule has 0 aliphatic carbocycles. The van der Waals surface area contributed by atoms with Gasteiger partial charge in [0.2, 0.25) is 0 Å². The van der Waals surface area contributed by atoms with E-state index in [2.05, 4.69) is 5.32 Å². The summed E-state index contributed by atoms with van der Waals surface area (Å²) >= 11 is 0. The Hall–Kier alpha value is -2.12. The lowest BCUT2D eigenvalue weighted by Crippen LogP contribution is -2.45. The van der Waals surface area contributed by atoms with Gasteiger partial charge in [0.25, 0.3) is 5.91 Å². The Labute approximate surface area is 149 Å². The molecule has 0 saturated heterocycles. The highest BCUT2D eigenvalue weighted by atomic mass is 19.4. The summed E-state index contributed by atoms with van der Waals surface area (Å²) in [6.45, 7) is 5.60. The minimum absolute atomic E-state index is 0.223. The summed E-state index contributed by atoms with van der Waals surface area (Å²) in [5.74, 6) is -3.33. The lowest BCUT2D eigenvalue weighted by atomic mass is 10.0. The van der Waals surface area contributed by atoms with Gasteiger partial charge < -0.3 is 10.1 Å². The lowest BCUT2D eigenvalue weighted by molar-refractivity contribution is -0.147. The number of alkyl halides is 3. The van der Waals surface area contributed by atoms with Crippen molar-refractivity contribution in [1.82, 2.24) is 5.32 Å². The first-order valence-corrected chi connectivity index (χ1v) is 8.42. The zero-order valence-electron chi connectivity index (χ0n) is 15.0. The maximum atomic E-state index is 13.6. The quantitative estimate of drug-likeness (QED) is 0.417. The van der Waals surface area contributed by atoms with Crippen LogP contribution >= 0.6 is 0 Å². The van der Waals surface area contributed by atoms with Crippen LogP contribution in [0.15, 0.2) is 18.2 Å².